The van der Waals surface area contributed by atoms with Gasteiger partial charge in [-0.25, -0.2) is 4.98 Å². The lowest BCUT2D eigenvalue weighted by molar-refractivity contribution is -0.137. The molecule has 0 amide bonds. The molecule has 4 nitrogen and oxygen atoms in total. The standard InChI is InChI=1S/C16H20N2O2/c1-3-6-13(10-15(19)20)17-16-11(2)9-12-7-4-5-8-14(12)18-16/h4-5,7-9,13H,3,6,10H2,1-2H3,(H,17,18)(H,19,20). The SMILES string of the molecule is CCCC(CC(=O)O)Nc1nc2ccccc2cc1C. The maximum absolute atomic E-state index is 10.9. The van der Waals surface area contributed by atoms with Crippen molar-refractivity contribution in [1.29, 1.82) is 0 Å². The highest BCUT2D eigenvalue weighted by atomic mass is 16.4. The smallest absolute Gasteiger partial charge is 0.305 e. The maximum Gasteiger partial charge on any atom is 0.305 e. The number of fused-ring (bicyclic) bond motifs is 1. The fourth-order valence-corrected chi connectivity index (χ4v) is 2.35. The Bertz CT molecular complexity index is 610. The van der Waals surface area contributed by atoms with E-state index in [1.807, 2.05) is 31.2 Å². The average molecular weight is 272 g/mol. The van der Waals surface area contributed by atoms with Crippen LogP contribution in [0.5, 0.6) is 0 Å². The van der Waals surface area contributed by atoms with E-state index >= 15 is 0 Å². The molecule has 2 rings (SSSR count). The van der Waals surface area contributed by atoms with Crippen LogP contribution in [0.4, 0.5) is 5.82 Å². The van der Waals surface area contributed by atoms with Gasteiger partial charge in [-0.3, -0.25) is 4.79 Å². The number of aliphatic carboxylic acids is 1. The van der Waals surface area contributed by atoms with E-state index in [9.17, 15) is 4.79 Å². The number of anilines is 1. The largest absolute Gasteiger partial charge is 0.481 e. The third-order valence-electron chi connectivity index (χ3n) is 3.31. The van der Waals surface area contributed by atoms with Gasteiger partial charge in [0, 0.05) is 11.4 Å². The zero-order valence-electron chi connectivity index (χ0n) is 11.9. The number of hydrogen-bond acceptors (Lipinski definition) is 3. The molecule has 0 spiro atoms. The Morgan fingerprint density at radius 1 is 1.40 bits per heavy atom. The highest BCUT2D eigenvalue weighted by molar-refractivity contribution is 5.81. The van der Waals surface area contributed by atoms with Crippen LogP contribution < -0.4 is 5.32 Å². The fourth-order valence-electron chi connectivity index (χ4n) is 2.35. The summed E-state index contributed by atoms with van der Waals surface area (Å²) >= 11 is 0. The number of aryl methyl sites for hydroxylation is 1. The second kappa shape index (κ2) is 6.37. The van der Waals surface area contributed by atoms with E-state index in [-0.39, 0.29) is 12.5 Å². The summed E-state index contributed by atoms with van der Waals surface area (Å²) in [4.78, 5) is 15.5. The van der Waals surface area contributed by atoms with Crippen LogP contribution in [0.15, 0.2) is 30.3 Å². The molecule has 1 aromatic heterocycles. The Labute approximate surface area is 118 Å². The van der Waals surface area contributed by atoms with Crippen LogP contribution in [0, 0.1) is 6.92 Å². The summed E-state index contributed by atoms with van der Waals surface area (Å²) in [6.45, 7) is 4.04. The van der Waals surface area contributed by atoms with Gasteiger partial charge in [-0.1, -0.05) is 31.5 Å². The zero-order chi connectivity index (χ0) is 14.5. The Balaban J connectivity index is 2.26. The lowest BCUT2D eigenvalue weighted by atomic mass is 10.1. The van der Waals surface area contributed by atoms with Gasteiger partial charge >= 0.3 is 5.97 Å². The number of aromatic nitrogens is 1. The van der Waals surface area contributed by atoms with E-state index in [4.69, 9.17) is 5.11 Å². The fraction of sp³-hybridized carbons (Fsp3) is 0.375. The van der Waals surface area contributed by atoms with Crippen LogP contribution in [-0.4, -0.2) is 22.1 Å². The second-order valence-electron chi connectivity index (χ2n) is 5.07. The predicted molar refractivity (Wildman–Crippen MR) is 81.1 cm³/mol. The molecule has 4 heteroatoms. The summed E-state index contributed by atoms with van der Waals surface area (Å²) in [7, 11) is 0. The molecule has 1 unspecified atom stereocenters. The van der Waals surface area contributed by atoms with Crippen molar-refractivity contribution >= 4 is 22.7 Å². The highest BCUT2D eigenvalue weighted by Gasteiger charge is 2.14. The molecule has 1 heterocycles. The molecule has 20 heavy (non-hydrogen) atoms. The molecular formula is C16H20N2O2. The number of rotatable bonds is 6. The minimum absolute atomic E-state index is 0.0788. The third kappa shape index (κ3) is 3.47. The minimum atomic E-state index is -0.783. The number of para-hydroxylation sites is 1. The Morgan fingerprint density at radius 2 is 2.15 bits per heavy atom. The summed E-state index contributed by atoms with van der Waals surface area (Å²) in [6, 6.07) is 9.93. The molecular weight excluding hydrogens is 252 g/mol. The van der Waals surface area contributed by atoms with Crippen molar-refractivity contribution < 1.29 is 9.90 Å². The van der Waals surface area contributed by atoms with E-state index in [1.54, 1.807) is 0 Å². The zero-order valence-corrected chi connectivity index (χ0v) is 11.9. The van der Waals surface area contributed by atoms with Crippen LogP contribution in [-0.2, 0) is 4.79 Å². The van der Waals surface area contributed by atoms with Gasteiger partial charge in [-0.15, -0.1) is 0 Å². The summed E-state index contributed by atoms with van der Waals surface area (Å²) in [6.07, 6.45) is 1.87. The Morgan fingerprint density at radius 3 is 2.85 bits per heavy atom. The van der Waals surface area contributed by atoms with E-state index in [1.165, 1.54) is 0 Å². The highest BCUT2D eigenvalue weighted by Crippen LogP contribution is 2.21. The normalized spacial score (nSPS) is 12.3. The van der Waals surface area contributed by atoms with Crippen molar-refractivity contribution in [2.45, 2.75) is 39.2 Å². The van der Waals surface area contributed by atoms with E-state index in [0.29, 0.717) is 0 Å². The monoisotopic (exact) mass is 272 g/mol. The number of carbonyl (C=O) groups is 1. The van der Waals surface area contributed by atoms with Gasteiger partial charge < -0.3 is 10.4 Å². The first-order chi connectivity index (χ1) is 9.60. The summed E-state index contributed by atoms with van der Waals surface area (Å²) in [5.74, 6) is -0.00204. The van der Waals surface area contributed by atoms with Gasteiger partial charge in [-0.05, 0) is 31.0 Å². The average Bonchev–Trinajstić information content (AvgIpc) is 2.39. The number of pyridine rings is 1. The maximum atomic E-state index is 10.9. The van der Waals surface area contributed by atoms with E-state index in [0.717, 1.165) is 35.1 Å². The molecule has 2 N–H and O–H groups in total. The van der Waals surface area contributed by atoms with E-state index < -0.39 is 5.97 Å². The number of carboxylic acids is 1. The van der Waals surface area contributed by atoms with Crippen molar-refractivity contribution in [3.05, 3.63) is 35.9 Å². The third-order valence-corrected chi connectivity index (χ3v) is 3.31. The Hall–Kier alpha value is -2.10. The number of benzene rings is 1. The first kappa shape index (κ1) is 14.3. The van der Waals surface area contributed by atoms with E-state index in [2.05, 4.69) is 23.3 Å². The van der Waals surface area contributed by atoms with Crippen molar-refractivity contribution in [2.24, 2.45) is 0 Å². The van der Waals surface area contributed by atoms with Crippen molar-refractivity contribution in [1.82, 2.24) is 4.98 Å². The molecule has 0 bridgehead atoms. The molecule has 1 aromatic carbocycles. The van der Waals surface area contributed by atoms with Crippen molar-refractivity contribution in [2.75, 3.05) is 5.32 Å². The Kier molecular flexibility index (Phi) is 4.56. The quantitative estimate of drug-likeness (QED) is 0.843. The second-order valence-corrected chi connectivity index (χ2v) is 5.07. The molecule has 0 aliphatic rings. The van der Waals surface area contributed by atoms with Gasteiger partial charge in [0.1, 0.15) is 5.82 Å². The van der Waals surface area contributed by atoms with Crippen molar-refractivity contribution in [3.63, 3.8) is 0 Å². The van der Waals surface area contributed by atoms with Gasteiger partial charge in [0.15, 0.2) is 0 Å². The molecule has 0 saturated heterocycles. The number of hydrogen-bond donors (Lipinski definition) is 2. The van der Waals surface area contributed by atoms with Crippen LogP contribution in [0.25, 0.3) is 10.9 Å². The summed E-state index contributed by atoms with van der Waals surface area (Å²) in [5, 5.41) is 13.3. The molecule has 0 aliphatic carbocycles. The number of nitrogens with zero attached hydrogens (tertiary/aromatic N) is 1. The number of nitrogens with one attached hydrogen (secondary N) is 1. The summed E-state index contributed by atoms with van der Waals surface area (Å²) in [5.41, 5.74) is 1.96. The molecule has 106 valence electrons. The predicted octanol–water partition coefficient (Wildman–Crippen LogP) is 3.60. The minimum Gasteiger partial charge on any atom is -0.481 e. The molecule has 0 fully saturated rings. The lowest BCUT2D eigenvalue weighted by Crippen LogP contribution is -2.24. The van der Waals surface area contributed by atoms with Gasteiger partial charge in [0.05, 0.1) is 11.9 Å². The first-order valence-electron chi connectivity index (χ1n) is 6.95. The van der Waals surface area contributed by atoms with Crippen LogP contribution >= 0.6 is 0 Å². The summed E-state index contributed by atoms with van der Waals surface area (Å²) < 4.78 is 0. The molecule has 1 atom stereocenters. The molecule has 2 aromatic rings. The molecule has 0 aliphatic heterocycles. The molecule has 0 radical (unpaired) electrons. The van der Waals surface area contributed by atoms with Crippen LogP contribution in [0.1, 0.15) is 31.7 Å². The van der Waals surface area contributed by atoms with Gasteiger partial charge in [0.2, 0.25) is 0 Å². The lowest BCUT2D eigenvalue weighted by Gasteiger charge is -2.18. The van der Waals surface area contributed by atoms with Gasteiger partial charge in [-0.2, -0.15) is 0 Å². The van der Waals surface area contributed by atoms with Crippen molar-refractivity contribution in [3.8, 4) is 0 Å². The van der Waals surface area contributed by atoms with Crippen LogP contribution in [0.2, 0.25) is 0 Å². The topological polar surface area (TPSA) is 62.2 Å². The first-order valence-corrected chi connectivity index (χ1v) is 6.95. The van der Waals surface area contributed by atoms with Gasteiger partial charge in [0.25, 0.3) is 0 Å². The van der Waals surface area contributed by atoms with Crippen LogP contribution in [0.3, 0.4) is 0 Å². The molecule has 0 saturated carbocycles. The number of carboxylic acid groups (broad SMARTS) is 1.